The zero-order valence-corrected chi connectivity index (χ0v) is 36.6. The maximum absolute atomic E-state index is 13.8. The summed E-state index contributed by atoms with van der Waals surface area (Å²) in [6, 6.07) is 38.3. The van der Waals surface area contributed by atoms with E-state index < -0.39 is 59.2 Å². The Morgan fingerprint density at radius 3 is 1.11 bits per heavy atom. The van der Waals surface area contributed by atoms with Gasteiger partial charge in [-0.3, -0.25) is 0 Å². The van der Waals surface area contributed by atoms with Crippen molar-refractivity contribution in [3.63, 3.8) is 0 Å². The number of benzene rings is 6. The maximum atomic E-state index is 13.8. The molecule has 0 N–H and O–H groups in total. The van der Waals surface area contributed by atoms with Gasteiger partial charge in [-0.25, -0.2) is 0 Å². The fourth-order valence-corrected chi connectivity index (χ4v) is 11.4. The van der Waals surface area contributed by atoms with Gasteiger partial charge in [-0.15, -0.1) is 0 Å². The highest BCUT2D eigenvalue weighted by atomic mass is 32.2. The van der Waals surface area contributed by atoms with Gasteiger partial charge in [0.2, 0.25) is 0 Å². The molecule has 12 nitrogen and oxygen atoms in total. The first-order chi connectivity index (χ1) is 29.0. The van der Waals surface area contributed by atoms with Gasteiger partial charge in [-0.1, -0.05) is 100 Å². The van der Waals surface area contributed by atoms with Crippen LogP contribution in [0.15, 0.2) is 155 Å². The van der Waals surface area contributed by atoms with Gasteiger partial charge < -0.3 is 25.1 Å². The first-order valence-corrected chi connectivity index (χ1v) is 23.8. The summed E-state index contributed by atoms with van der Waals surface area (Å²) < 4.78 is 116. The lowest BCUT2D eigenvalue weighted by atomic mass is 9.72. The SMILES string of the molecule is CC1(C)CC2(CC(C)(C)c3cc(OS(=O)(=O)c4ccccc4)c(OS(=O)(=O)c4ccccc4)cc32)c2cc(OS(=O)Oc3ccccc3)c(OS(=O)Oc3ccccc3)cc21. The van der Waals surface area contributed by atoms with Gasteiger partial charge in [0, 0.05) is 5.41 Å². The van der Waals surface area contributed by atoms with Crippen LogP contribution in [0.2, 0.25) is 0 Å². The van der Waals surface area contributed by atoms with Crippen LogP contribution in [0.1, 0.15) is 62.8 Å². The van der Waals surface area contributed by atoms with Crippen LogP contribution >= 0.6 is 0 Å². The van der Waals surface area contributed by atoms with Crippen molar-refractivity contribution in [3.8, 4) is 34.5 Å². The molecule has 316 valence electrons. The summed E-state index contributed by atoms with van der Waals surface area (Å²) in [6.45, 7) is 8.07. The molecule has 2 aliphatic rings. The second kappa shape index (κ2) is 16.0. The van der Waals surface area contributed by atoms with Gasteiger partial charge in [0.25, 0.3) is 0 Å². The minimum Gasteiger partial charge on any atom is -0.375 e. The lowest BCUT2D eigenvalue weighted by molar-refractivity contribution is 0.349. The first-order valence-electron chi connectivity index (χ1n) is 19.0. The summed E-state index contributed by atoms with van der Waals surface area (Å²) in [5.74, 6) is -0.196. The van der Waals surface area contributed by atoms with Gasteiger partial charge in [-0.2, -0.15) is 25.3 Å². The molecule has 0 aromatic heterocycles. The number of rotatable bonds is 14. The average molecular weight is 901 g/mol. The molecule has 0 saturated heterocycles. The van der Waals surface area contributed by atoms with E-state index in [1.807, 2.05) is 27.7 Å². The maximum Gasteiger partial charge on any atom is 0.417 e. The third-order valence-electron chi connectivity index (χ3n) is 10.7. The van der Waals surface area contributed by atoms with E-state index in [0.29, 0.717) is 24.0 Å². The molecule has 0 bridgehead atoms. The largest absolute Gasteiger partial charge is 0.417 e. The van der Waals surface area contributed by atoms with Crippen LogP contribution in [-0.2, 0) is 59.2 Å². The highest BCUT2D eigenvalue weighted by Gasteiger charge is 2.57. The van der Waals surface area contributed by atoms with Gasteiger partial charge >= 0.3 is 43.0 Å². The molecule has 2 aliphatic carbocycles. The van der Waals surface area contributed by atoms with E-state index in [4.69, 9.17) is 25.1 Å². The summed E-state index contributed by atoms with van der Waals surface area (Å²) >= 11 is -4.79. The zero-order chi connectivity index (χ0) is 43.2. The van der Waals surface area contributed by atoms with Gasteiger partial charge in [-0.05, 0) is 119 Å². The average Bonchev–Trinajstić information content (AvgIpc) is 3.57. The fraction of sp³-hybridized carbons (Fsp3) is 0.200. The van der Waals surface area contributed by atoms with Crippen molar-refractivity contribution >= 4 is 43.0 Å². The number of hydrogen-bond acceptors (Lipinski definition) is 12. The van der Waals surface area contributed by atoms with E-state index in [9.17, 15) is 25.3 Å². The molecule has 0 saturated carbocycles. The lowest BCUT2D eigenvalue weighted by Gasteiger charge is -2.30. The predicted octanol–water partition coefficient (Wildman–Crippen LogP) is 8.94. The van der Waals surface area contributed by atoms with E-state index in [-0.39, 0.29) is 44.3 Å². The molecule has 16 heteroatoms. The second-order valence-electron chi connectivity index (χ2n) is 16.0. The Morgan fingerprint density at radius 2 is 0.738 bits per heavy atom. The molecule has 6 aromatic carbocycles. The standard InChI is InChI=1S/C45H40O12S4/c1-43(2)29-45(37-27-40(55-59(47)53-32-19-11-6-12-20-32)39(25-35(37)43)54-58(46)52-31-17-9-5-10-18-31)30-44(3,4)36-26-41(56-60(48,49)33-21-13-7-14-22-33)42(28-38(36)45)57-61(50,51)34-23-15-8-16-24-34/h5-28H,29-30H2,1-4H3. The summed E-state index contributed by atoms with van der Waals surface area (Å²) in [5, 5.41) is 0. The van der Waals surface area contributed by atoms with E-state index in [2.05, 4.69) is 0 Å². The Morgan fingerprint density at radius 1 is 0.426 bits per heavy atom. The van der Waals surface area contributed by atoms with Crippen LogP contribution in [0.25, 0.3) is 0 Å². The molecular formula is C45H40O12S4. The third-order valence-corrected chi connectivity index (χ3v) is 14.5. The molecule has 0 radical (unpaired) electrons. The Bertz CT molecular complexity index is 2870. The van der Waals surface area contributed by atoms with Crippen LogP contribution in [0.3, 0.4) is 0 Å². The fourth-order valence-electron chi connectivity index (χ4n) is 8.38. The minimum atomic E-state index is -4.51. The first kappa shape index (κ1) is 42.0. The summed E-state index contributed by atoms with van der Waals surface area (Å²) in [5.41, 5.74) is 0.699. The molecule has 8 rings (SSSR count). The molecule has 0 heterocycles. The van der Waals surface area contributed by atoms with E-state index in [1.165, 1.54) is 36.4 Å². The van der Waals surface area contributed by atoms with Gasteiger partial charge in [0.05, 0.1) is 0 Å². The molecule has 0 fully saturated rings. The third kappa shape index (κ3) is 8.49. The molecule has 3 unspecified atom stereocenters. The van der Waals surface area contributed by atoms with Crippen molar-refractivity contribution < 1.29 is 50.4 Å². The molecule has 3 atom stereocenters. The number of para-hydroxylation sites is 2. The Labute approximate surface area is 360 Å². The Kier molecular flexibility index (Phi) is 11.0. The second-order valence-corrected chi connectivity index (χ2v) is 20.5. The highest BCUT2D eigenvalue weighted by molar-refractivity contribution is 7.87. The van der Waals surface area contributed by atoms with Crippen molar-refractivity contribution in [2.24, 2.45) is 0 Å². The molecule has 6 aromatic rings. The summed E-state index contributed by atoms with van der Waals surface area (Å²) in [7, 11) is -8.97. The molecule has 1 spiro atoms. The van der Waals surface area contributed by atoms with Crippen LogP contribution in [-0.4, -0.2) is 25.3 Å². The van der Waals surface area contributed by atoms with E-state index in [1.54, 1.807) is 109 Å². The highest BCUT2D eigenvalue weighted by Crippen LogP contribution is 2.65. The van der Waals surface area contributed by atoms with Crippen molar-refractivity contribution in [1.29, 1.82) is 0 Å². The van der Waals surface area contributed by atoms with E-state index in [0.717, 1.165) is 11.1 Å². The molecule has 0 aliphatic heterocycles. The van der Waals surface area contributed by atoms with Crippen LogP contribution < -0.4 is 25.1 Å². The Balaban J connectivity index is 1.28. The van der Waals surface area contributed by atoms with Crippen molar-refractivity contribution in [1.82, 2.24) is 0 Å². The predicted molar refractivity (Wildman–Crippen MR) is 229 cm³/mol. The molecule has 0 amide bonds. The minimum absolute atomic E-state index is 0.0338. The summed E-state index contributed by atoms with van der Waals surface area (Å²) in [6.07, 6.45) is 0.924. The van der Waals surface area contributed by atoms with Crippen LogP contribution in [0.5, 0.6) is 34.5 Å². The quantitative estimate of drug-likeness (QED) is 0.0958. The smallest absolute Gasteiger partial charge is 0.375 e. The number of fused-ring (bicyclic) bond motifs is 4. The zero-order valence-electron chi connectivity index (χ0n) is 33.3. The monoisotopic (exact) mass is 900 g/mol. The van der Waals surface area contributed by atoms with Crippen LogP contribution in [0, 0.1) is 0 Å². The molecule has 61 heavy (non-hydrogen) atoms. The van der Waals surface area contributed by atoms with Crippen LogP contribution in [0.4, 0.5) is 0 Å². The number of hydrogen-bond donors (Lipinski definition) is 0. The Hall–Kier alpha value is -5.68. The van der Waals surface area contributed by atoms with Crippen molar-refractivity contribution in [3.05, 3.63) is 168 Å². The normalized spacial score (nSPS) is 18.3. The summed E-state index contributed by atoms with van der Waals surface area (Å²) in [4.78, 5) is -0.285. The van der Waals surface area contributed by atoms with Crippen molar-refractivity contribution in [2.75, 3.05) is 0 Å². The van der Waals surface area contributed by atoms with Crippen molar-refractivity contribution in [2.45, 2.75) is 66.6 Å². The van der Waals surface area contributed by atoms with Gasteiger partial charge in [0.15, 0.2) is 23.0 Å². The van der Waals surface area contributed by atoms with Gasteiger partial charge in [0.1, 0.15) is 21.3 Å². The van der Waals surface area contributed by atoms with E-state index >= 15 is 0 Å². The topological polar surface area (TPSA) is 158 Å². The lowest BCUT2D eigenvalue weighted by Crippen LogP contribution is -2.27. The molecular weight excluding hydrogens is 861 g/mol.